The Morgan fingerprint density at radius 2 is 2.10 bits per heavy atom. The van der Waals surface area contributed by atoms with Crippen molar-refractivity contribution < 1.29 is 8.42 Å². The van der Waals surface area contributed by atoms with Gasteiger partial charge in [-0.25, -0.2) is 13.1 Å². The normalized spacial score (nSPS) is 15.6. The van der Waals surface area contributed by atoms with Gasteiger partial charge in [-0.1, -0.05) is 30.7 Å². The van der Waals surface area contributed by atoms with Crippen molar-refractivity contribution in [2.75, 3.05) is 31.5 Å². The van der Waals surface area contributed by atoms with E-state index in [1.54, 1.807) is 12.1 Å². The number of nitrogens with one attached hydrogen (secondary N) is 3. The third-order valence-electron chi connectivity index (χ3n) is 3.38. The Bertz CT molecular complexity index is 597. The van der Waals surface area contributed by atoms with Crippen LogP contribution < -0.4 is 15.4 Å². The largest absolute Gasteiger partial charge is 0.380 e. The number of sulfonamides is 1. The minimum atomic E-state index is -3.45. The van der Waals surface area contributed by atoms with Crippen molar-refractivity contribution in [1.82, 2.24) is 10.0 Å². The molecular formula is C15H23N3O2S. The van der Waals surface area contributed by atoms with Gasteiger partial charge in [-0.3, -0.25) is 0 Å². The Morgan fingerprint density at radius 3 is 2.81 bits per heavy atom. The topological polar surface area (TPSA) is 70.2 Å². The predicted molar refractivity (Wildman–Crippen MR) is 86.0 cm³/mol. The SMILES string of the molecule is CCCNS(=O)(=O)c1ccccc1NCC1=CCNCC1. The fourth-order valence-electron chi connectivity index (χ4n) is 2.20. The molecule has 21 heavy (non-hydrogen) atoms. The van der Waals surface area contributed by atoms with Gasteiger partial charge < -0.3 is 10.6 Å². The van der Waals surface area contributed by atoms with Gasteiger partial charge in [0, 0.05) is 19.6 Å². The van der Waals surface area contributed by atoms with Crippen LogP contribution in [0, 0.1) is 0 Å². The van der Waals surface area contributed by atoms with E-state index in [4.69, 9.17) is 0 Å². The molecule has 0 saturated heterocycles. The van der Waals surface area contributed by atoms with Crippen LogP contribution in [0.2, 0.25) is 0 Å². The average molecular weight is 309 g/mol. The summed E-state index contributed by atoms with van der Waals surface area (Å²) in [6.07, 6.45) is 3.92. The fourth-order valence-corrected chi connectivity index (χ4v) is 3.52. The summed E-state index contributed by atoms with van der Waals surface area (Å²) in [5.74, 6) is 0. The summed E-state index contributed by atoms with van der Waals surface area (Å²) >= 11 is 0. The van der Waals surface area contributed by atoms with Gasteiger partial charge in [0.2, 0.25) is 10.0 Å². The number of para-hydroxylation sites is 1. The minimum Gasteiger partial charge on any atom is -0.380 e. The second-order valence-electron chi connectivity index (χ2n) is 5.06. The third kappa shape index (κ3) is 4.56. The molecule has 6 heteroatoms. The van der Waals surface area contributed by atoms with Crippen LogP contribution in [-0.2, 0) is 10.0 Å². The van der Waals surface area contributed by atoms with Crippen LogP contribution in [0.3, 0.4) is 0 Å². The van der Waals surface area contributed by atoms with Crippen LogP contribution in [0.15, 0.2) is 40.8 Å². The van der Waals surface area contributed by atoms with Crippen molar-refractivity contribution in [2.45, 2.75) is 24.7 Å². The van der Waals surface area contributed by atoms with E-state index in [-0.39, 0.29) is 0 Å². The lowest BCUT2D eigenvalue weighted by molar-refractivity contribution is 0.581. The molecule has 0 radical (unpaired) electrons. The van der Waals surface area contributed by atoms with Gasteiger partial charge >= 0.3 is 0 Å². The van der Waals surface area contributed by atoms with Gasteiger partial charge in [0.05, 0.1) is 5.69 Å². The highest BCUT2D eigenvalue weighted by Gasteiger charge is 2.17. The van der Waals surface area contributed by atoms with Crippen molar-refractivity contribution >= 4 is 15.7 Å². The molecule has 0 saturated carbocycles. The van der Waals surface area contributed by atoms with Crippen molar-refractivity contribution in [3.8, 4) is 0 Å². The fraction of sp³-hybridized carbons (Fsp3) is 0.467. The zero-order valence-electron chi connectivity index (χ0n) is 12.4. The van der Waals surface area contributed by atoms with Crippen molar-refractivity contribution in [3.05, 3.63) is 35.9 Å². The van der Waals surface area contributed by atoms with Crippen LogP contribution in [-0.4, -0.2) is 34.6 Å². The maximum atomic E-state index is 12.3. The molecule has 0 unspecified atom stereocenters. The van der Waals surface area contributed by atoms with Gasteiger partial charge in [0.25, 0.3) is 0 Å². The highest BCUT2D eigenvalue weighted by atomic mass is 32.2. The lowest BCUT2D eigenvalue weighted by atomic mass is 10.1. The minimum absolute atomic E-state index is 0.313. The Morgan fingerprint density at radius 1 is 1.29 bits per heavy atom. The van der Waals surface area contributed by atoms with Gasteiger partial charge in [-0.15, -0.1) is 0 Å². The van der Waals surface area contributed by atoms with E-state index in [1.807, 2.05) is 19.1 Å². The Balaban J connectivity index is 2.11. The number of rotatable bonds is 7. The summed E-state index contributed by atoms with van der Waals surface area (Å²) in [5.41, 5.74) is 1.96. The van der Waals surface area contributed by atoms with E-state index in [9.17, 15) is 8.42 Å². The highest BCUT2D eigenvalue weighted by Crippen LogP contribution is 2.21. The molecule has 1 aromatic carbocycles. The van der Waals surface area contributed by atoms with Crippen molar-refractivity contribution in [1.29, 1.82) is 0 Å². The molecule has 0 bridgehead atoms. The highest BCUT2D eigenvalue weighted by molar-refractivity contribution is 7.89. The van der Waals surface area contributed by atoms with Gasteiger partial charge in [-0.2, -0.15) is 0 Å². The van der Waals surface area contributed by atoms with E-state index in [1.165, 1.54) is 5.57 Å². The van der Waals surface area contributed by atoms with E-state index >= 15 is 0 Å². The first-order valence-corrected chi connectivity index (χ1v) is 8.83. The first-order valence-electron chi connectivity index (χ1n) is 7.34. The van der Waals surface area contributed by atoms with E-state index in [0.717, 1.165) is 25.9 Å². The Labute approximate surface area is 126 Å². The van der Waals surface area contributed by atoms with Gasteiger partial charge in [-0.05, 0) is 31.5 Å². The van der Waals surface area contributed by atoms with Crippen LogP contribution in [0.4, 0.5) is 5.69 Å². The monoisotopic (exact) mass is 309 g/mol. The van der Waals surface area contributed by atoms with Crippen molar-refractivity contribution in [3.63, 3.8) is 0 Å². The second kappa shape index (κ2) is 7.59. The first-order chi connectivity index (χ1) is 10.1. The summed E-state index contributed by atoms with van der Waals surface area (Å²) in [4.78, 5) is 0.313. The lowest BCUT2D eigenvalue weighted by Gasteiger charge is -2.17. The number of benzene rings is 1. The zero-order valence-corrected chi connectivity index (χ0v) is 13.2. The molecule has 1 heterocycles. The van der Waals surface area contributed by atoms with E-state index in [2.05, 4.69) is 21.4 Å². The number of anilines is 1. The molecule has 0 spiro atoms. The van der Waals surface area contributed by atoms with Crippen molar-refractivity contribution in [2.24, 2.45) is 0 Å². The average Bonchev–Trinajstić information content (AvgIpc) is 2.52. The standard InChI is InChI=1S/C15H23N3O2S/c1-2-9-18-21(19,20)15-6-4-3-5-14(15)17-12-13-7-10-16-11-8-13/h3-7,16-18H,2,8-12H2,1H3. The molecule has 1 aromatic rings. The quantitative estimate of drug-likeness (QED) is 0.671. The van der Waals surface area contributed by atoms with Gasteiger partial charge in [0.15, 0.2) is 0 Å². The third-order valence-corrected chi connectivity index (χ3v) is 4.90. The molecule has 1 aliphatic heterocycles. The second-order valence-corrected chi connectivity index (χ2v) is 6.80. The number of hydrogen-bond donors (Lipinski definition) is 3. The Kier molecular flexibility index (Phi) is 5.78. The van der Waals surface area contributed by atoms with E-state index < -0.39 is 10.0 Å². The molecule has 116 valence electrons. The lowest BCUT2D eigenvalue weighted by Crippen LogP contribution is -2.26. The summed E-state index contributed by atoms with van der Waals surface area (Å²) in [7, 11) is -3.45. The summed E-state index contributed by atoms with van der Waals surface area (Å²) in [6, 6.07) is 7.03. The maximum absolute atomic E-state index is 12.3. The molecule has 0 aromatic heterocycles. The molecule has 5 nitrogen and oxygen atoms in total. The summed E-state index contributed by atoms with van der Waals surface area (Å²) < 4.78 is 27.2. The molecule has 0 atom stereocenters. The molecule has 2 rings (SSSR count). The predicted octanol–water partition coefficient (Wildman–Crippen LogP) is 1.71. The smallest absolute Gasteiger partial charge is 0.242 e. The molecular weight excluding hydrogens is 286 g/mol. The molecule has 0 aliphatic carbocycles. The molecule has 0 fully saturated rings. The molecule has 1 aliphatic rings. The first kappa shape index (κ1) is 16.0. The summed E-state index contributed by atoms with van der Waals surface area (Å²) in [5, 5.41) is 6.51. The van der Waals surface area contributed by atoms with E-state index in [0.29, 0.717) is 23.7 Å². The van der Waals surface area contributed by atoms with Crippen LogP contribution in [0.1, 0.15) is 19.8 Å². The molecule has 0 amide bonds. The summed E-state index contributed by atoms with van der Waals surface area (Å²) in [6.45, 7) is 4.94. The van der Waals surface area contributed by atoms with Gasteiger partial charge in [0.1, 0.15) is 4.90 Å². The molecule has 3 N–H and O–H groups in total. The Hall–Kier alpha value is -1.37. The number of hydrogen-bond acceptors (Lipinski definition) is 4. The van der Waals surface area contributed by atoms with Crippen LogP contribution in [0.5, 0.6) is 0 Å². The zero-order chi connectivity index (χ0) is 15.1. The van der Waals surface area contributed by atoms with Crippen LogP contribution in [0.25, 0.3) is 0 Å². The maximum Gasteiger partial charge on any atom is 0.242 e. The van der Waals surface area contributed by atoms with Crippen LogP contribution >= 0.6 is 0 Å².